The number of amides is 3. The molecular formula is C19H22N4O2. The minimum absolute atomic E-state index is 0.0928. The van der Waals surface area contributed by atoms with Crippen LogP contribution in [0.5, 0.6) is 0 Å². The number of carbonyl (C=O) groups is 2. The Morgan fingerprint density at radius 3 is 2.80 bits per heavy atom. The topological polar surface area (TPSA) is 74.3 Å². The number of nitrogens with zero attached hydrogens (tertiary/aromatic N) is 2. The molecule has 6 nitrogen and oxygen atoms in total. The first-order chi connectivity index (χ1) is 12.1. The third-order valence-electron chi connectivity index (χ3n) is 4.26. The van der Waals surface area contributed by atoms with Crippen LogP contribution < -0.4 is 15.5 Å². The van der Waals surface area contributed by atoms with E-state index in [9.17, 15) is 9.59 Å². The van der Waals surface area contributed by atoms with Crippen LogP contribution in [0.2, 0.25) is 0 Å². The van der Waals surface area contributed by atoms with Gasteiger partial charge in [0.2, 0.25) is 5.91 Å². The molecule has 0 bridgehead atoms. The molecule has 2 aromatic rings. The van der Waals surface area contributed by atoms with Crippen LogP contribution in [-0.2, 0) is 17.6 Å². The molecule has 0 fully saturated rings. The molecule has 1 aromatic carbocycles. The Kier molecular flexibility index (Phi) is 5.28. The molecule has 0 saturated heterocycles. The van der Waals surface area contributed by atoms with E-state index < -0.39 is 6.04 Å². The van der Waals surface area contributed by atoms with Gasteiger partial charge in [-0.25, -0.2) is 4.79 Å². The number of nitrogens with one attached hydrogen (secondary N) is 2. The van der Waals surface area contributed by atoms with Crippen LogP contribution >= 0.6 is 0 Å². The van der Waals surface area contributed by atoms with E-state index in [1.54, 1.807) is 18.0 Å². The van der Waals surface area contributed by atoms with Crippen molar-refractivity contribution in [2.75, 3.05) is 18.0 Å². The summed E-state index contributed by atoms with van der Waals surface area (Å²) < 4.78 is 0. The Bertz CT molecular complexity index is 748. The molecule has 2 heterocycles. The molecule has 1 aromatic heterocycles. The first kappa shape index (κ1) is 17.0. The van der Waals surface area contributed by atoms with Crippen LogP contribution in [0.3, 0.4) is 0 Å². The van der Waals surface area contributed by atoms with E-state index in [-0.39, 0.29) is 11.9 Å². The fraction of sp³-hybridized carbons (Fsp3) is 0.316. The van der Waals surface area contributed by atoms with Crippen molar-refractivity contribution in [1.82, 2.24) is 15.6 Å². The highest BCUT2D eigenvalue weighted by Gasteiger charge is 2.28. The van der Waals surface area contributed by atoms with Gasteiger partial charge in [0.15, 0.2) is 0 Å². The van der Waals surface area contributed by atoms with Crippen molar-refractivity contribution in [3.63, 3.8) is 0 Å². The van der Waals surface area contributed by atoms with Gasteiger partial charge >= 0.3 is 6.03 Å². The van der Waals surface area contributed by atoms with Gasteiger partial charge in [-0.1, -0.05) is 24.3 Å². The van der Waals surface area contributed by atoms with Crippen LogP contribution in [0.1, 0.15) is 18.2 Å². The van der Waals surface area contributed by atoms with Crippen LogP contribution in [0.15, 0.2) is 48.7 Å². The lowest BCUT2D eigenvalue weighted by Crippen LogP contribution is -2.49. The number of rotatable bonds is 5. The molecule has 130 valence electrons. The van der Waals surface area contributed by atoms with Gasteiger partial charge in [-0.2, -0.15) is 0 Å². The van der Waals surface area contributed by atoms with Crippen molar-refractivity contribution in [1.29, 1.82) is 0 Å². The predicted molar refractivity (Wildman–Crippen MR) is 96.4 cm³/mol. The van der Waals surface area contributed by atoms with E-state index >= 15 is 0 Å². The number of hydrogen-bond acceptors (Lipinski definition) is 3. The molecule has 3 amide bonds. The molecule has 0 aliphatic carbocycles. The van der Waals surface area contributed by atoms with Crippen molar-refractivity contribution in [3.8, 4) is 0 Å². The lowest BCUT2D eigenvalue weighted by Gasteiger charge is -2.22. The Morgan fingerprint density at radius 2 is 2.00 bits per heavy atom. The summed E-state index contributed by atoms with van der Waals surface area (Å²) in [6.07, 6.45) is 3.23. The van der Waals surface area contributed by atoms with Crippen molar-refractivity contribution in [2.24, 2.45) is 0 Å². The number of anilines is 1. The minimum atomic E-state index is -0.582. The maximum Gasteiger partial charge on any atom is 0.315 e. The Hall–Kier alpha value is -2.89. The second kappa shape index (κ2) is 7.79. The van der Waals surface area contributed by atoms with Gasteiger partial charge in [-0.15, -0.1) is 0 Å². The van der Waals surface area contributed by atoms with Crippen molar-refractivity contribution in [2.45, 2.75) is 25.8 Å². The third-order valence-corrected chi connectivity index (χ3v) is 4.26. The normalized spacial score (nSPS) is 13.9. The van der Waals surface area contributed by atoms with Gasteiger partial charge in [-0.3, -0.25) is 9.78 Å². The highest BCUT2D eigenvalue weighted by molar-refractivity contribution is 6.00. The highest BCUT2D eigenvalue weighted by Crippen LogP contribution is 2.27. The molecule has 0 radical (unpaired) electrons. The van der Waals surface area contributed by atoms with E-state index in [1.807, 2.05) is 42.5 Å². The number of fused-ring (bicyclic) bond motifs is 1. The number of aromatic nitrogens is 1. The molecule has 0 spiro atoms. The standard InChI is InChI=1S/C19H22N4O2/c1-14(18(24)23-13-10-15-6-2-3-8-17(15)23)22-19(25)21-12-9-16-7-4-5-11-20-16/h2-8,11,14H,9-10,12-13H2,1H3,(H2,21,22,25). The zero-order valence-corrected chi connectivity index (χ0v) is 14.2. The lowest BCUT2D eigenvalue weighted by molar-refractivity contribution is -0.119. The summed E-state index contributed by atoms with van der Waals surface area (Å²) in [5.41, 5.74) is 3.03. The van der Waals surface area contributed by atoms with Crippen molar-refractivity contribution >= 4 is 17.6 Å². The number of pyridine rings is 1. The fourth-order valence-electron chi connectivity index (χ4n) is 2.96. The summed E-state index contributed by atoms with van der Waals surface area (Å²) in [6, 6.07) is 12.6. The molecule has 25 heavy (non-hydrogen) atoms. The van der Waals surface area contributed by atoms with Crippen molar-refractivity contribution in [3.05, 3.63) is 59.9 Å². The summed E-state index contributed by atoms with van der Waals surface area (Å²) in [5, 5.41) is 5.48. The highest BCUT2D eigenvalue weighted by atomic mass is 16.2. The average Bonchev–Trinajstić information content (AvgIpc) is 3.06. The van der Waals surface area contributed by atoms with E-state index in [4.69, 9.17) is 0 Å². The maximum absolute atomic E-state index is 12.6. The van der Waals surface area contributed by atoms with Gasteiger partial charge in [-0.05, 0) is 37.1 Å². The molecular weight excluding hydrogens is 316 g/mol. The summed E-state index contributed by atoms with van der Waals surface area (Å²) in [6.45, 7) is 2.84. The molecule has 0 saturated carbocycles. The van der Waals surface area contributed by atoms with E-state index in [1.165, 1.54) is 5.56 Å². The first-order valence-electron chi connectivity index (χ1n) is 8.48. The third kappa shape index (κ3) is 4.15. The number of benzene rings is 1. The number of urea groups is 1. The lowest BCUT2D eigenvalue weighted by atomic mass is 10.2. The van der Waals surface area contributed by atoms with Gasteiger partial charge in [0, 0.05) is 37.1 Å². The van der Waals surface area contributed by atoms with E-state index in [0.29, 0.717) is 19.5 Å². The van der Waals surface area contributed by atoms with Crippen LogP contribution in [0.25, 0.3) is 0 Å². The molecule has 2 N–H and O–H groups in total. The van der Waals surface area contributed by atoms with Crippen LogP contribution in [-0.4, -0.2) is 36.1 Å². The summed E-state index contributed by atoms with van der Waals surface area (Å²) in [5.74, 6) is -0.0928. The van der Waals surface area contributed by atoms with Crippen LogP contribution in [0.4, 0.5) is 10.5 Å². The second-order valence-corrected chi connectivity index (χ2v) is 6.06. The average molecular weight is 338 g/mol. The minimum Gasteiger partial charge on any atom is -0.338 e. The van der Waals surface area contributed by atoms with Gasteiger partial charge < -0.3 is 15.5 Å². The molecule has 1 aliphatic rings. The zero-order valence-electron chi connectivity index (χ0n) is 14.2. The van der Waals surface area contributed by atoms with Gasteiger partial charge in [0.1, 0.15) is 6.04 Å². The Balaban J connectivity index is 1.47. The fourth-order valence-corrected chi connectivity index (χ4v) is 2.96. The van der Waals surface area contributed by atoms with Crippen LogP contribution in [0, 0.1) is 0 Å². The molecule has 1 atom stereocenters. The summed E-state index contributed by atoms with van der Waals surface area (Å²) in [7, 11) is 0. The molecule has 3 rings (SSSR count). The van der Waals surface area contributed by atoms with E-state index in [0.717, 1.165) is 17.8 Å². The quantitative estimate of drug-likeness (QED) is 0.874. The van der Waals surface area contributed by atoms with Gasteiger partial charge in [0.25, 0.3) is 0 Å². The van der Waals surface area contributed by atoms with E-state index in [2.05, 4.69) is 15.6 Å². The number of carbonyl (C=O) groups excluding carboxylic acids is 2. The maximum atomic E-state index is 12.6. The Labute approximate surface area is 147 Å². The predicted octanol–water partition coefficient (Wildman–Crippen LogP) is 1.90. The SMILES string of the molecule is CC(NC(=O)NCCc1ccccn1)C(=O)N1CCc2ccccc21. The number of para-hydroxylation sites is 1. The second-order valence-electron chi connectivity index (χ2n) is 6.06. The molecule has 1 unspecified atom stereocenters. The molecule has 6 heteroatoms. The smallest absolute Gasteiger partial charge is 0.315 e. The Morgan fingerprint density at radius 1 is 1.20 bits per heavy atom. The zero-order chi connectivity index (χ0) is 17.6. The van der Waals surface area contributed by atoms with Gasteiger partial charge in [0.05, 0.1) is 0 Å². The summed E-state index contributed by atoms with van der Waals surface area (Å²) >= 11 is 0. The monoisotopic (exact) mass is 338 g/mol. The first-order valence-corrected chi connectivity index (χ1v) is 8.48. The largest absolute Gasteiger partial charge is 0.338 e. The van der Waals surface area contributed by atoms with Crippen molar-refractivity contribution < 1.29 is 9.59 Å². The summed E-state index contributed by atoms with van der Waals surface area (Å²) in [4.78, 5) is 30.6. The number of hydrogen-bond donors (Lipinski definition) is 2. The molecule has 1 aliphatic heterocycles.